The highest BCUT2D eigenvalue weighted by Gasteiger charge is 2.03. The molecule has 1 aromatic rings. The van der Waals surface area contributed by atoms with Gasteiger partial charge in [-0.1, -0.05) is 52.2 Å². The molecule has 0 amide bonds. The summed E-state index contributed by atoms with van der Waals surface area (Å²) in [4.78, 5) is 2.45. The molecular weight excluding hydrogens is 250 g/mol. The second-order valence-corrected chi connectivity index (χ2v) is 4.85. The van der Waals surface area contributed by atoms with E-state index in [2.05, 4.69) is 59.8 Å². The van der Waals surface area contributed by atoms with Crippen LogP contribution < -0.4 is 0 Å². The van der Waals surface area contributed by atoms with Crippen molar-refractivity contribution in [2.45, 2.75) is 27.3 Å². The molecule has 0 unspecified atom stereocenters. The van der Waals surface area contributed by atoms with Gasteiger partial charge >= 0.3 is 0 Å². The summed E-state index contributed by atoms with van der Waals surface area (Å²) in [7, 11) is 0. The van der Waals surface area contributed by atoms with Crippen LogP contribution in [0.4, 0.5) is 0 Å². The van der Waals surface area contributed by atoms with Crippen molar-refractivity contribution in [3.63, 3.8) is 0 Å². The highest BCUT2D eigenvalue weighted by Crippen LogP contribution is 2.11. The van der Waals surface area contributed by atoms with Gasteiger partial charge in [-0.25, -0.2) is 0 Å². The molecular formula is C13H20BrN. The van der Waals surface area contributed by atoms with E-state index in [0.717, 1.165) is 25.0 Å². The summed E-state index contributed by atoms with van der Waals surface area (Å²) in [5.74, 6) is 0. The van der Waals surface area contributed by atoms with Gasteiger partial charge in [-0.05, 0) is 26.0 Å². The third-order valence-electron chi connectivity index (χ3n) is 2.54. The molecule has 84 valence electrons. The number of aryl methyl sites for hydroxylation is 2. The summed E-state index contributed by atoms with van der Waals surface area (Å²) in [6.07, 6.45) is 0. The lowest BCUT2D eigenvalue weighted by atomic mass is 10.1. The zero-order valence-corrected chi connectivity index (χ0v) is 11.5. The van der Waals surface area contributed by atoms with Crippen molar-refractivity contribution >= 4 is 15.9 Å². The molecule has 0 spiro atoms. The van der Waals surface area contributed by atoms with Gasteiger partial charge in [-0.15, -0.1) is 0 Å². The van der Waals surface area contributed by atoms with E-state index in [4.69, 9.17) is 0 Å². The Labute approximate surface area is 102 Å². The molecule has 0 aliphatic carbocycles. The van der Waals surface area contributed by atoms with E-state index in [-0.39, 0.29) is 0 Å². The van der Waals surface area contributed by atoms with Crippen molar-refractivity contribution in [3.8, 4) is 0 Å². The van der Waals surface area contributed by atoms with Crippen LogP contribution in [0, 0.1) is 13.8 Å². The van der Waals surface area contributed by atoms with E-state index in [0.29, 0.717) is 0 Å². The second-order valence-electron chi connectivity index (χ2n) is 4.05. The predicted molar refractivity (Wildman–Crippen MR) is 70.7 cm³/mol. The summed E-state index contributed by atoms with van der Waals surface area (Å²) in [6.45, 7) is 9.83. The third-order valence-corrected chi connectivity index (χ3v) is 2.89. The minimum Gasteiger partial charge on any atom is -0.299 e. The maximum absolute atomic E-state index is 3.49. The molecule has 0 aromatic heterocycles. The Morgan fingerprint density at radius 3 is 2.20 bits per heavy atom. The van der Waals surface area contributed by atoms with E-state index >= 15 is 0 Å². The molecule has 0 radical (unpaired) electrons. The standard InChI is InChI=1S/C13H20BrN/c1-4-15(6-5-14)10-13-8-11(2)7-12(3)9-13/h7-9H,4-6,10H2,1-3H3. The van der Waals surface area contributed by atoms with Gasteiger partial charge in [0.1, 0.15) is 0 Å². The lowest BCUT2D eigenvalue weighted by Crippen LogP contribution is -2.24. The van der Waals surface area contributed by atoms with Crippen molar-refractivity contribution in [3.05, 3.63) is 34.9 Å². The number of hydrogen-bond acceptors (Lipinski definition) is 1. The van der Waals surface area contributed by atoms with Gasteiger partial charge < -0.3 is 0 Å². The first-order valence-electron chi connectivity index (χ1n) is 5.51. The Bertz CT molecular complexity index is 289. The molecule has 2 heteroatoms. The number of rotatable bonds is 5. The molecule has 1 rings (SSSR count). The van der Waals surface area contributed by atoms with E-state index in [1.54, 1.807) is 0 Å². The lowest BCUT2D eigenvalue weighted by molar-refractivity contribution is 0.299. The number of benzene rings is 1. The van der Waals surface area contributed by atoms with Crippen molar-refractivity contribution in [1.82, 2.24) is 4.90 Å². The second kappa shape index (κ2) is 6.29. The van der Waals surface area contributed by atoms with Crippen LogP contribution in [0.25, 0.3) is 0 Å². The Balaban J connectivity index is 2.69. The summed E-state index contributed by atoms with van der Waals surface area (Å²) in [5, 5.41) is 1.05. The minimum absolute atomic E-state index is 1.05. The molecule has 0 saturated carbocycles. The van der Waals surface area contributed by atoms with E-state index in [1.165, 1.54) is 16.7 Å². The fourth-order valence-electron chi connectivity index (χ4n) is 1.89. The first-order chi connectivity index (χ1) is 7.15. The van der Waals surface area contributed by atoms with Crippen LogP contribution in [0.5, 0.6) is 0 Å². The molecule has 15 heavy (non-hydrogen) atoms. The van der Waals surface area contributed by atoms with E-state index in [9.17, 15) is 0 Å². The van der Waals surface area contributed by atoms with Gasteiger partial charge in [0.15, 0.2) is 0 Å². The fourth-order valence-corrected chi connectivity index (χ4v) is 2.39. The molecule has 0 N–H and O–H groups in total. The Morgan fingerprint density at radius 2 is 1.73 bits per heavy atom. The normalized spacial score (nSPS) is 11.0. The van der Waals surface area contributed by atoms with Crippen molar-refractivity contribution in [1.29, 1.82) is 0 Å². The van der Waals surface area contributed by atoms with Crippen molar-refractivity contribution in [2.24, 2.45) is 0 Å². The highest BCUT2D eigenvalue weighted by molar-refractivity contribution is 9.09. The number of nitrogens with zero attached hydrogens (tertiary/aromatic N) is 1. The maximum atomic E-state index is 3.49. The van der Waals surface area contributed by atoms with Crippen LogP contribution in [0.2, 0.25) is 0 Å². The van der Waals surface area contributed by atoms with Gasteiger partial charge in [-0.2, -0.15) is 0 Å². The number of halogens is 1. The summed E-state index contributed by atoms with van der Waals surface area (Å²) < 4.78 is 0. The average molecular weight is 270 g/mol. The monoisotopic (exact) mass is 269 g/mol. The predicted octanol–water partition coefficient (Wildman–Crippen LogP) is 3.52. The summed E-state index contributed by atoms with van der Waals surface area (Å²) >= 11 is 3.49. The molecule has 0 saturated heterocycles. The zero-order valence-electron chi connectivity index (χ0n) is 9.89. The molecule has 0 aliphatic heterocycles. The zero-order chi connectivity index (χ0) is 11.3. The SMILES string of the molecule is CCN(CCBr)Cc1cc(C)cc(C)c1. The van der Waals surface area contributed by atoms with Crippen LogP contribution >= 0.6 is 15.9 Å². The molecule has 0 fully saturated rings. The largest absolute Gasteiger partial charge is 0.299 e. The molecule has 0 atom stereocenters. The van der Waals surface area contributed by atoms with Crippen LogP contribution in [-0.2, 0) is 6.54 Å². The average Bonchev–Trinajstić information content (AvgIpc) is 2.15. The van der Waals surface area contributed by atoms with Crippen molar-refractivity contribution in [2.75, 3.05) is 18.4 Å². The van der Waals surface area contributed by atoms with Gasteiger partial charge in [0.05, 0.1) is 0 Å². The molecule has 0 bridgehead atoms. The van der Waals surface area contributed by atoms with Crippen molar-refractivity contribution < 1.29 is 0 Å². The fraction of sp³-hybridized carbons (Fsp3) is 0.538. The quantitative estimate of drug-likeness (QED) is 0.740. The molecule has 0 heterocycles. The topological polar surface area (TPSA) is 3.24 Å². The minimum atomic E-state index is 1.05. The van der Waals surface area contributed by atoms with Gasteiger partial charge in [0, 0.05) is 18.4 Å². The first-order valence-corrected chi connectivity index (χ1v) is 6.63. The number of alkyl halides is 1. The maximum Gasteiger partial charge on any atom is 0.0234 e. The van der Waals surface area contributed by atoms with E-state index < -0.39 is 0 Å². The summed E-state index contributed by atoms with van der Waals surface area (Å²) in [6, 6.07) is 6.79. The van der Waals surface area contributed by atoms with Crippen LogP contribution in [0.3, 0.4) is 0 Å². The molecule has 0 aliphatic rings. The molecule has 1 nitrogen and oxygen atoms in total. The Kier molecular flexibility index (Phi) is 5.34. The van der Waals surface area contributed by atoms with Crippen LogP contribution in [0.1, 0.15) is 23.6 Å². The summed E-state index contributed by atoms with van der Waals surface area (Å²) in [5.41, 5.74) is 4.15. The Morgan fingerprint density at radius 1 is 1.13 bits per heavy atom. The van der Waals surface area contributed by atoms with Gasteiger partial charge in [0.25, 0.3) is 0 Å². The van der Waals surface area contributed by atoms with Crippen LogP contribution in [0.15, 0.2) is 18.2 Å². The van der Waals surface area contributed by atoms with Crippen LogP contribution in [-0.4, -0.2) is 23.3 Å². The highest BCUT2D eigenvalue weighted by atomic mass is 79.9. The van der Waals surface area contributed by atoms with Gasteiger partial charge in [0.2, 0.25) is 0 Å². The number of hydrogen-bond donors (Lipinski definition) is 0. The smallest absolute Gasteiger partial charge is 0.0234 e. The lowest BCUT2D eigenvalue weighted by Gasteiger charge is -2.19. The molecule has 1 aromatic carbocycles. The van der Waals surface area contributed by atoms with E-state index in [1.807, 2.05) is 0 Å². The third kappa shape index (κ3) is 4.35. The Hall–Kier alpha value is -0.340. The first kappa shape index (κ1) is 12.7. The van der Waals surface area contributed by atoms with Gasteiger partial charge in [-0.3, -0.25) is 4.90 Å².